The zero-order chi connectivity index (χ0) is 18.2. The molecule has 7 nitrogen and oxygen atoms in total. The van der Waals surface area contributed by atoms with E-state index >= 15 is 0 Å². The van der Waals surface area contributed by atoms with Crippen molar-refractivity contribution in [2.75, 3.05) is 6.26 Å². The summed E-state index contributed by atoms with van der Waals surface area (Å²) >= 11 is 0. The topological polar surface area (TPSA) is 115 Å². The van der Waals surface area contributed by atoms with E-state index in [-0.39, 0.29) is 16.3 Å². The Kier molecular flexibility index (Phi) is 4.05. The minimum Gasteiger partial charge on any atom is -0.508 e. The molecule has 0 unspecified atom stereocenters. The van der Waals surface area contributed by atoms with E-state index in [1.165, 1.54) is 35.0 Å². The highest BCUT2D eigenvalue weighted by Gasteiger charge is 2.16. The first-order chi connectivity index (χ1) is 11.8. The van der Waals surface area contributed by atoms with Gasteiger partial charge in [-0.25, -0.2) is 13.1 Å². The standard InChI is InChI=1S/C17H15N3O4S/c1-25(23,24)14-8-2-11(3-9-14)16-10-15(17(18)22)19-20(16)12-4-6-13(21)7-5-12/h2-10,21H,1H3,(H2,18,22). The summed E-state index contributed by atoms with van der Waals surface area (Å²) in [5, 5.41) is 13.6. The van der Waals surface area contributed by atoms with E-state index in [9.17, 15) is 18.3 Å². The van der Waals surface area contributed by atoms with Crippen LogP contribution in [0.4, 0.5) is 0 Å². The number of rotatable bonds is 4. The van der Waals surface area contributed by atoms with Crippen LogP contribution in [-0.2, 0) is 9.84 Å². The molecule has 25 heavy (non-hydrogen) atoms. The molecule has 8 heteroatoms. The average molecular weight is 357 g/mol. The van der Waals surface area contributed by atoms with E-state index in [0.29, 0.717) is 16.9 Å². The maximum absolute atomic E-state index is 11.6. The second-order valence-electron chi connectivity index (χ2n) is 5.50. The van der Waals surface area contributed by atoms with Crippen LogP contribution in [0, 0.1) is 0 Å². The molecule has 0 saturated carbocycles. The normalized spacial score (nSPS) is 11.4. The number of amides is 1. The third kappa shape index (κ3) is 3.38. The number of nitrogens with two attached hydrogens (primary N) is 1. The Morgan fingerprint density at radius 2 is 1.68 bits per heavy atom. The minimum absolute atomic E-state index is 0.0789. The number of carbonyl (C=O) groups is 1. The summed E-state index contributed by atoms with van der Waals surface area (Å²) in [6.07, 6.45) is 1.13. The first kappa shape index (κ1) is 16.7. The Morgan fingerprint density at radius 1 is 1.08 bits per heavy atom. The molecule has 1 amide bonds. The molecule has 0 aliphatic carbocycles. The molecule has 0 bridgehead atoms. The van der Waals surface area contributed by atoms with Gasteiger partial charge in [0.25, 0.3) is 5.91 Å². The zero-order valence-electron chi connectivity index (χ0n) is 13.2. The highest BCUT2D eigenvalue weighted by Crippen LogP contribution is 2.26. The number of phenols is 1. The van der Waals surface area contributed by atoms with E-state index in [2.05, 4.69) is 5.10 Å². The number of phenolic OH excluding ortho intramolecular Hbond substituents is 1. The lowest BCUT2D eigenvalue weighted by Crippen LogP contribution is -2.12. The van der Waals surface area contributed by atoms with Crippen molar-refractivity contribution >= 4 is 15.7 Å². The number of hydrogen-bond acceptors (Lipinski definition) is 5. The number of sulfone groups is 1. The third-order valence-corrected chi connectivity index (χ3v) is 4.76. The van der Waals surface area contributed by atoms with E-state index in [0.717, 1.165) is 6.26 Å². The molecule has 128 valence electrons. The van der Waals surface area contributed by atoms with Crippen LogP contribution in [-0.4, -0.2) is 35.5 Å². The van der Waals surface area contributed by atoms with Crippen molar-refractivity contribution in [1.29, 1.82) is 0 Å². The number of primary amides is 1. The molecule has 3 aromatic rings. The molecule has 2 aromatic carbocycles. The highest BCUT2D eigenvalue weighted by atomic mass is 32.2. The van der Waals surface area contributed by atoms with Crippen molar-refractivity contribution in [1.82, 2.24) is 9.78 Å². The second-order valence-corrected chi connectivity index (χ2v) is 7.52. The molecule has 1 heterocycles. The fraction of sp³-hybridized carbons (Fsp3) is 0.0588. The molecule has 3 rings (SSSR count). The van der Waals surface area contributed by atoms with Crippen molar-refractivity contribution in [3.8, 4) is 22.7 Å². The van der Waals surface area contributed by atoms with E-state index in [4.69, 9.17) is 5.73 Å². The van der Waals surface area contributed by atoms with Gasteiger partial charge in [-0.2, -0.15) is 5.10 Å². The molecule has 3 N–H and O–H groups in total. The summed E-state index contributed by atoms with van der Waals surface area (Å²) in [4.78, 5) is 11.7. The lowest BCUT2D eigenvalue weighted by molar-refractivity contribution is 0.0995. The Labute approximate surface area is 144 Å². The van der Waals surface area contributed by atoms with Gasteiger partial charge in [-0.05, 0) is 42.5 Å². The first-order valence-corrected chi connectivity index (χ1v) is 9.14. The maximum atomic E-state index is 11.6. The fourth-order valence-electron chi connectivity index (χ4n) is 2.37. The number of aromatic nitrogens is 2. The van der Waals surface area contributed by atoms with Crippen molar-refractivity contribution in [3.05, 3.63) is 60.3 Å². The average Bonchev–Trinajstić information content (AvgIpc) is 3.00. The predicted octanol–water partition coefficient (Wildman–Crippen LogP) is 1.75. The van der Waals surface area contributed by atoms with Gasteiger partial charge in [0.15, 0.2) is 15.5 Å². The highest BCUT2D eigenvalue weighted by molar-refractivity contribution is 7.90. The van der Waals surface area contributed by atoms with Gasteiger partial charge in [0.05, 0.1) is 16.3 Å². The Balaban J connectivity index is 2.14. The number of hydrogen-bond donors (Lipinski definition) is 2. The SMILES string of the molecule is CS(=O)(=O)c1ccc(-c2cc(C(N)=O)nn2-c2ccc(O)cc2)cc1. The quantitative estimate of drug-likeness (QED) is 0.738. The molecule has 0 saturated heterocycles. The van der Waals surface area contributed by atoms with Crippen LogP contribution in [0.15, 0.2) is 59.5 Å². The van der Waals surface area contributed by atoms with Crippen LogP contribution in [0.3, 0.4) is 0 Å². The van der Waals surface area contributed by atoms with Crippen molar-refractivity contribution in [2.24, 2.45) is 5.73 Å². The Hall–Kier alpha value is -3.13. The molecule has 0 aliphatic rings. The van der Waals surface area contributed by atoms with Gasteiger partial charge in [-0.15, -0.1) is 0 Å². The summed E-state index contributed by atoms with van der Waals surface area (Å²) in [5.74, 6) is -0.573. The number of nitrogens with zero attached hydrogens (tertiary/aromatic N) is 2. The van der Waals surface area contributed by atoms with Gasteiger partial charge in [-0.1, -0.05) is 12.1 Å². The number of carbonyl (C=O) groups excluding carboxylic acids is 1. The van der Waals surface area contributed by atoms with Crippen molar-refractivity contribution < 1.29 is 18.3 Å². The molecule has 0 atom stereocenters. The summed E-state index contributed by atoms with van der Waals surface area (Å²) in [6.45, 7) is 0. The molecule has 0 aliphatic heterocycles. The van der Waals surface area contributed by atoms with Crippen LogP contribution in [0.5, 0.6) is 5.75 Å². The molecule has 0 fully saturated rings. The van der Waals surface area contributed by atoms with Crippen LogP contribution in [0.2, 0.25) is 0 Å². The van der Waals surface area contributed by atoms with Crippen molar-refractivity contribution in [2.45, 2.75) is 4.90 Å². The first-order valence-electron chi connectivity index (χ1n) is 7.25. The fourth-order valence-corrected chi connectivity index (χ4v) is 3.00. The lowest BCUT2D eigenvalue weighted by atomic mass is 10.1. The van der Waals surface area contributed by atoms with Gasteiger partial charge < -0.3 is 10.8 Å². The monoisotopic (exact) mass is 357 g/mol. The maximum Gasteiger partial charge on any atom is 0.269 e. The van der Waals surface area contributed by atoms with Crippen LogP contribution >= 0.6 is 0 Å². The number of aromatic hydroxyl groups is 1. The van der Waals surface area contributed by atoms with E-state index < -0.39 is 15.7 Å². The van der Waals surface area contributed by atoms with Crippen molar-refractivity contribution in [3.63, 3.8) is 0 Å². The molecule has 1 aromatic heterocycles. The van der Waals surface area contributed by atoms with Crippen LogP contribution < -0.4 is 5.73 Å². The van der Waals surface area contributed by atoms with Gasteiger partial charge in [0, 0.05) is 11.8 Å². The third-order valence-electron chi connectivity index (χ3n) is 3.63. The molecule has 0 spiro atoms. The molecule has 0 radical (unpaired) electrons. The lowest BCUT2D eigenvalue weighted by Gasteiger charge is -2.08. The number of benzene rings is 2. The smallest absolute Gasteiger partial charge is 0.269 e. The Bertz CT molecular complexity index is 1040. The largest absolute Gasteiger partial charge is 0.508 e. The zero-order valence-corrected chi connectivity index (χ0v) is 14.1. The van der Waals surface area contributed by atoms with Gasteiger partial charge in [0.1, 0.15) is 5.75 Å². The van der Waals surface area contributed by atoms with Crippen LogP contribution in [0.25, 0.3) is 16.9 Å². The summed E-state index contributed by atoms with van der Waals surface area (Å²) in [7, 11) is -3.30. The molecular formula is C17H15N3O4S. The summed E-state index contributed by atoms with van der Waals surface area (Å²) in [6, 6.07) is 14.1. The van der Waals surface area contributed by atoms with Gasteiger partial charge in [0.2, 0.25) is 0 Å². The summed E-state index contributed by atoms with van der Waals surface area (Å²) in [5.41, 5.74) is 7.26. The minimum atomic E-state index is -3.30. The summed E-state index contributed by atoms with van der Waals surface area (Å²) < 4.78 is 24.7. The predicted molar refractivity (Wildman–Crippen MR) is 92.3 cm³/mol. The van der Waals surface area contributed by atoms with Gasteiger partial charge in [-0.3, -0.25) is 4.79 Å². The Morgan fingerprint density at radius 3 is 2.20 bits per heavy atom. The van der Waals surface area contributed by atoms with E-state index in [1.807, 2.05) is 0 Å². The van der Waals surface area contributed by atoms with Crippen LogP contribution in [0.1, 0.15) is 10.5 Å². The van der Waals surface area contributed by atoms with E-state index in [1.54, 1.807) is 24.3 Å². The molecular weight excluding hydrogens is 342 g/mol. The second kappa shape index (κ2) is 6.06. The van der Waals surface area contributed by atoms with Gasteiger partial charge >= 0.3 is 0 Å².